The van der Waals surface area contributed by atoms with E-state index in [1.54, 1.807) is 6.07 Å². The van der Waals surface area contributed by atoms with Crippen LogP contribution in [0, 0.1) is 0 Å². The van der Waals surface area contributed by atoms with Crippen molar-refractivity contribution in [3.8, 4) is 0 Å². The zero-order valence-corrected chi connectivity index (χ0v) is 10.5. The number of anilines is 1. The van der Waals surface area contributed by atoms with Gasteiger partial charge in [-0.25, -0.2) is 9.78 Å². The summed E-state index contributed by atoms with van der Waals surface area (Å²) in [7, 11) is 0. The van der Waals surface area contributed by atoms with Crippen molar-refractivity contribution in [1.29, 1.82) is 0 Å². The molecule has 0 aliphatic heterocycles. The van der Waals surface area contributed by atoms with Gasteiger partial charge in [-0.15, -0.1) is 0 Å². The highest BCUT2D eigenvalue weighted by Gasteiger charge is 2.23. The normalized spacial score (nSPS) is 23.7. The van der Waals surface area contributed by atoms with Crippen molar-refractivity contribution in [2.45, 2.75) is 37.8 Å². The molecule has 3 N–H and O–H groups in total. The number of aliphatic hydroxyl groups is 1. The molecule has 2 rings (SSSR count). The molecule has 1 heterocycles. The molecular weight excluding hydrogens is 256 g/mol. The van der Waals surface area contributed by atoms with Gasteiger partial charge in [-0.05, 0) is 25.0 Å². The number of rotatable bonds is 3. The Labute approximate surface area is 110 Å². The molecule has 0 amide bonds. The summed E-state index contributed by atoms with van der Waals surface area (Å²) in [6.07, 6.45) is 3.27. The standard InChI is InChI=1S/C12H15ClN2O3/c13-7-5-6-10(15-11(7)12(17)18)14-8-3-1-2-4-9(8)16/h5-6,8-9,16H,1-4H2,(H,14,15)(H,17,18). The first kappa shape index (κ1) is 13.1. The van der Waals surface area contributed by atoms with Crippen LogP contribution >= 0.6 is 11.6 Å². The molecule has 1 fully saturated rings. The van der Waals surface area contributed by atoms with Gasteiger partial charge in [0.05, 0.1) is 17.2 Å². The highest BCUT2D eigenvalue weighted by atomic mass is 35.5. The fourth-order valence-electron chi connectivity index (χ4n) is 2.14. The summed E-state index contributed by atoms with van der Waals surface area (Å²) in [4.78, 5) is 14.9. The highest BCUT2D eigenvalue weighted by molar-refractivity contribution is 6.33. The smallest absolute Gasteiger partial charge is 0.356 e. The predicted molar refractivity (Wildman–Crippen MR) is 68.1 cm³/mol. The van der Waals surface area contributed by atoms with Crippen LogP contribution in [0.2, 0.25) is 5.02 Å². The number of nitrogens with zero attached hydrogens (tertiary/aromatic N) is 1. The highest BCUT2D eigenvalue weighted by Crippen LogP contribution is 2.23. The Bertz CT molecular complexity index is 453. The molecule has 1 aromatic heterocycles. The molecule has 2 atom stereocenters. The summed E-state index contributed by atoms with van der Waals surface area (Å²) in [6.45, 7) is 0. The number of aliphatic hydroxyl groups excluding tert-OH is 1. The number of hydrogen-bond donors (Lipinski definition) is 3. The molecule has 1 aromatic rings. The van der Waals surface area contributed by atoms with Gasteiger partial charge in [-0.3, -0.25) is 0 Å². The van der Waals surface area contributed by atoms with Gasteiger partial charge in [-0.2, -0.15) is 0 Å². The number of pyridine rings is 1. The van der Waals surface area contributed by atoms with E-state index in [1.165, 1.54) is 6.07 Å². The Morgan fingerprint density at radius 2 is 2.11 bits per heavy atom. The maximum Gasteiger partial charge on any atom is 0.356 e. The molecule has 0 saturated heterocycles. The topological polar surface area (TPSA) is 82.5 Å². The minimum Gasteiger partial charge on any atom is -0.476 e. The van der Waals surface area contributed by atoms with Crippen LogP contribution in [0.4, 0.5) is 5.82 Å². The molecule has 1 aliphatic carbocycles. The van der Waals surface area contributed by atoms with E-state index in [2.05, 4.69) is 10.3 Å². The van der Waals surface area contributed by atoms with E-state index in [0.29, 0.717) is 5.82 Å². The summed E-state index contributed by atoms with van der Waals surface area (Å²) in [6, 6.07) is 3.04. The van der Waals surface area contributed by atoms with Crippen LogP contribution in [0.25, 0.3) is 0 Å². The second-order valence-corrected chi connectivity index (χ2v) is 4.84. The molecule has 0 radical (unpaired) electrons. The van der Waals surface area contributed by atoms with E-state index >= 15 is 0 Å². The number of carboxylic acids is 1. The van der Waals surface area contributed by atoms with E-state index in [0.717, 1.165) is 25.7 Å². The number of aromatic nitrogens is 1. The van der Waals surface area contributed by atoms with Crippen molar-refractivity contribution in [1.82, 2.24) is 4.98 Å². The fourth-order valence-corrected chi connectivity index (χ4v) is 2.33. The number of halogens is 1. The quantitative estimate of drug-likeness (QED) is 0.784. The van der Waals surface area contributed by atoms with Crippen LogP contribution in [-0.4, -0.2) is 33.3 Å². The van der Waals surface area contributed by atoms with Crippen molar-refractivity contribution in [3.63, 3.8) is 0 Å². The lowest BCUT2D eigenvalue weighted by Gasteiger charge is -2.28. The van der Waals surface area contributed by atoms with Gasteiger partial charge in [-0.1, -0.05) is 24.4 Å². The summed E-state index contributed by atoms with van der Waals surface area (Å²) < 4.78 is 0. The molecular formula is C12H15ClN2O3. The summed E-state index contributed by atoms with van der Waals surface area (Å²) >= 11 is 5.74. The van der Waals surface area contributed by atoms with Crippen molar-refractivity contribution in [3.05, 3.63) is 22.8 Å². The van der Waals surface area contributed by atoms with Crippen molar-refractivity contribution in [2.75, 3.05) is 5.32 Å². The van der Waals surface area contributed by atoms with Crippen LogP contribution in [0.3, 0.4) is 0 Å². The van der Waals surface area contributed by atoms with Gasteiger partial charge < -0.3 is 15.5 Å². The number of carboxylic acid groups (broad SMARTS) is 1. The second-order valence-electron chi connectivity index (χ2n) is 4.43. The number of nitrogens with one attached hydrogen (secondary N) is 1. The van der Waals surface area contributed by atoms with Crippen LogP contribution in [0.15, 0.2) is 12.1 Å². The fraction of sp³-hybridized carbons (Fsp3) is 0.500. The van der Waals surface area contributed by atoms with Crippen LogP contribution in [0.1, 0.15) is 36.2 Å². The average molecular weight is 271 g/mol. The first-order chi connectivity index (χ1) is 8.58. The molecule has 1 saturated carbocycles. The molecule has 6 heteroatoms. The maximum atomic E-state index is 10.9. The van der Waals surface area contributed by atoms with Gasteiger partial charge >= 0.3 is 5.97 Å². The van der Waals surface area contributed by atoms with Gasteiger partial charge in [0.25, 0.3) is 0 Å². The SMILES string of the molecule is O=C(O)c1nc(NC2CCCCC2O)ccc1Cl. The average Bonchev–Trinajstić information content (AvgIpc) is 2.34. The third-order valence-electron chi connectivity index (χ3n) is 3.11. The number of hydrogen-bond acceptors (Lipinski definition) is 4. The molecule has 0 bridgehead atoms. The largest absolute Gasteiger partial charge is 0.476 e. The van der Waals surface area contributed by atoms with Gasteiger partial charge in [0.15, 0.2) is 5.69 Å². The maximum absolute atomic E-state index is 10.9. The molecule has 98 valence electrons. The van der Waals surface area contributed by atoms with Crippen molar-refractivity contribution in [2.24, 2.45) is 0 Å². The van der Waals surface area contributed by atoms with E-state index < -0.39 is 12.1 Å². The van der Waals surface area contributed by atoms with Crippen LogP contribution in [-0.2, 0) is 0 Å². The molecule has 0 spiro atoms. The van der Waals surface area contributed by atoms with Gasteiger partial charge in [0.1, 0.15) is 5.82 Å². The third kappa shape index (κ3) is 2.91. The molecule has 2 unspecified atom stereocenters. The first-order valence-electron chi connectivity index (χ1n) is 5.92. The van der Waals surface area contributed by atoms with E-state index in [9.17, 15) is 9.90 Å². The van der Waals surface area contributed by atoms with Crippen molar-refractivity contribution < 1.29 is 15.0 Å². The Kier molecular flexibility index (Phi) is 4.04. The second kappa shape index (κ2) is 5.54. The lowest BCUT2D eigenvalue weighted by Crippen LogP contribution is -2.36. The lowest BCUT2D eigenvalue weighted by molar-refractivity contribution is 0.0691. The third-order valence-corrected chi connectivity index (χ3v) is 3.42. The molecule has 18 heavy (non-hydrogen) atoms. The molecule has 1 aliphatic rings. The zero-order chi connectivity index (χ0) is 13.1. The van der Waals surface area contributed by atoms with Crippen LogP contribution < -0.4 is 5.32 Å². The Hall–Kier alpha value is -1.33. The summed E-state index contributed by atoms with van der Waals surface area (Å²) in [5.41, 5.74) is -0.174. The molecule has 5 nitrogen and oxygen atoms in total. The Morgan fingerprint density at radius 3 is 2.78 bits per heavy atom. The van der Waals surface area contributed by atoms with E-state index in [1.807, 2.05) is 0 Å². The van der Waals surface area contributed by atoms with E-state index in [4.69, 9.17) is 16.7 Å². The van der Waals surface area contributed by atoms with Crippen molar-refractivity contribution >= 4 is 23.4 Å². The minimum absolute atomic E-state index is 0.0749. The summed E-state index contributed by atoms with van der Waals surface area (Å²) in [5, 5.41) is 21.9. The number of aromatic carboxylic acids is 1. The first-order valence-corrected chi connectivity index (χ1v) is 6.30. The van der Waals surface area contributed by atoms with E-state index in [-0.39, 0.29) is 16.8 Å². The lowest BCUT2D eigenvalue weighted by atomic mass is 9.92. The monoisotopic (exact) mass is 270 g/mol. The van der Waals surface area contributed by atoms with Gasteiger partial charge in [0.2, 0.25) is 0 Å². The zero-order valence-electron chi connectivity index (χ0n) is 9.77. The Balaban J connectivity index is 2.14. The van der Waals surface area contributed by atoms with Crippen LogP contribution in [0.5, 0.6) is 0 Å². The van der Waals surface area contributed by atoms with Gasteiger partial charge in [0, 0.05) is 0 Å². The minimum atomic E-state index is -1.16. The predicted octanol–water partition coefficient (Wildman–Crippen LogP) is 2.15. The summed E-state index contributed by atoms with van der Waals surface area (Å²) in [5.74, 6) is -0.726. The molecule has 0 aromatic carbocycles. The number of carbonyl (C=O) groups is 1. The Morgan fingerprint density at radius 1 is 1.39 bits per heavy atom.